The molecule has 4 nitrogen and oxygen atoms in total. The SMILES string of the molecule is C=CC.CC.CC.CC(C)C.CC(C)C(c1cccnc1N)C(F)F.CC(C)Cc1cc(F)cnc1N. The fourth-order valence-corrected chi connectivity index (χ4v) is 2.59. The van der Waals surface area contributed by atoms with Crippen molar-refractivity contribution >= 4 is 11.6 Å². The summed E-state index contributed by atoms with van der Waals surface area (Å²) in [7, 11) is 0. The Bertz CT molecular complexity index is 768. The van der Waals surface area contributed by atoms with Crippen molar-refractivity contribution in [2.45, 2.75) is 102 Å². The van der Waals surface area contributed by atoms with Crippen molar-refractivity contribution in [3.8, 4) is 0 Å². The zero-order valence-electron chi connectivity index (χ0n) is 25.4. The van der Waals surface area contributed by atoms with Crippen LogP contribution in [0.15, 0.2) is 43.2 Å². The number of alkyl halides is 2. The standard InChI is InChI=1S/C10H14F2N2.C9H13FN2.C4H10.C3H6.2C2H6/c1-6(2)8(9(11)12)7-4-3-5-14-10(7)13;1-6(2)3-7-4-8(10)5-12-9(7)11;1-4(2)3;1-3-2;2*1-2/h3-6,8-9H,1-2H3,(H2,13,14);4-6H,3H2,1-2H3,(H2,11,12);4H,1-3H3;3H,1H2,2H3;2*1-2H3. The molecule has 0 aliphatic heterocycles. The van der Waals surface area contributed by atoms with Gasteiger partial charge in [0.1, 0.15) is 17.5 Å². The maximum Gasteiger partial charge on any atom is 0.245 e. The molecule has 0 aliphatic carbocycles. The van der Waals surface area contributed by atoms with E-state index in [0.717, 1.165) is 24.1 Å². The van der Waals surface area contributed by atoms with Gasteiger partial charge in [0.25, 0.3) is 0 Å². The Kier molecular flexibility index (Phi) is 29.8. The monoisotopic (exact) mass is 528 g/mol. The quantitative estimate of drug-likeness (QED) is 0.379. The van der Waals surface area contributed by atoms with Gasteiger partial charge in [-0.15, -0.1) is 6.58 Å². The number of hydrogen-bond donors (Lipinski definition) is 2. The molecule has 0 fully saturated rings. The maximum absolute atomic E-state index is 12.7. The van der Waals surface area contributed by atoms with Gasteiger partial charge >= 0.3 is 0 Å². The number of nitrogen functional groups attached to an aromatic ring is 2. The highest BCUT2D eigenvalue weighted by Crippen LogP contribution is 2.32. The first-order valence-corrected chi connectivity index (χ1v) is 13.2. The van der Waals surface area contributed by atoms with E-state index in [4.69, 9.17) is 11.5 Å². The van der Waals surface area contributed by atoms with Gasteiger partial charge in [0.2, 0.25) is 6.43 Å². The number of anilines is 2. The number of nitrogens with zero attached hydrogens (tertiary/aromatic N) is 2. The third-order valence-corrected chi connectivity index (χ3v) is 3.82. The van der Waals surface area contributed by atoms with Crippen LogP contribution in [0.1, 0.15) is 100 Å². The molecule has 1 unspecified atom stereocenters. The molecule has 7 heteroatoms. The van der Waals surface area contributed by atoms with Crippen molar-refractivity contribution in [2.75, 3.05) is 11.5 Å². The van der Waals surface area contributed by atoms with E-state index in [0.29, 0.717) is 17.3 Å². The van der Waals surface area contributed by atoms with Crippen LogP contribution in [0.2, 0.25) is 0 Å². The average molecular weight is 529 g/mol. The molecule has 2 heterocycles. The lowest BCUT2D eigenvalue weighted by atomic mass is 9.89. The number of aromatic nitrogens is 2. The van der Waals surface area contributed by atoms with Crippen molar-refractivity contribution in [3.63, 3.8) is 0 Å². The van der Waals surface area contributed by atoms with Gasteiger partial charge in [0.05, 0.1) is 12.1 Å². The van der Waals surface area contributed by atoms with E-state index in [-0.39, 0.29) is 17.6 Å². The summed E-state index contributed by atoms with van der Waals surface area (Å²) in [6.45, 7) is 27.4. The Hall–Kier alpha value is -2.57. The van der Waals surface area contributed by atoms with E-state index in [1.807, 2.05) is 34.6 Å². The Morgan fingerprint density at radius 1 is 0.919 bits per heavy atom. The van der Waals surface area contributed by atoms with Crippen LogP contribution in [0, 0.1) is 23.6 Å². The minimum Gasteiger partial charge on any atom is -0.383 e. The van der Waals surface area contributed by atoms with Crippen LogP contribution in [0.5, 0.6) is 0 Å². The van der Waals surface area contributed by atoms with Gasteiger partial charge in [0.15, 0.2) is 0 Å². The summed E-state index contributed by atoms with van der Waals surface area (Å²) in [4.78, 5) is 7.54. The zero-order valence-corrected chi connectivity index (χ0v) is 25.4. The first-order chi connectivity index (χ1) is 17.3. The number of rotatable bonds is 5. The average Bonchev–Trinajstić information content (AvgIpc) is 2.80. The molecule has 4 N–H and O–H groups in total. The highest BCUT2D eigenvalue weighted by molar-refractivity contribution is 5.41. The summed E-state index contributed by atoms with van der Waals surface area (Å²) < 4.78 is 38.1. The minimum absolute atomic E-state index is 0.151. The molecule has 0 aromatic carbocycles. The van der Waals surface area contributed by atoms with Crippen molar-refractivity contribution in [1.82, 2.24) is 9.97 Å². The van der Waals surface area contributed by atoms with Gasteiger partial charge in [-0.3, -0.25) is 0 Å². The summed E-state index contributed by atoms with van der Waals surface area (Å²) in [6, 6.07) is 4.69. The van der Waals surface area contributed by atoms with E-state index >= 15 is 0 Å². The number of hydrogen-bond acceptors (Lipinski definition) is 4. The predicted molar refractivity (Wildman–Crippen MR) is 158 cm³/mol. The Labute approximate surface area is 226 Å². The fourth-order valence-electron chi connectivity index (χ4n) is 2.59. The van der Waals surface area contributed by atoms with Gasteiger partial charge in [-0.2, -0.15) is 0 Å². The number of allylic oxidation sites excluding steroid dienone is 1. The van der Waals surface area contributed by atoms with Crippen LogP contribution in [-0.4, -0.2) is 16.4 Å². The smallest absolute Gasteiger partial charge is 0.245 e. The van der Waals surface area contributed by atoms with Gasteiger partial charge in [-0.25, -0.2) is 23.1 Å². The van der Waals surface area contributed by atoms with Gasteiger partial charge < -0.3 is 11.5 Å². The van der Waals surface area contributed by atoms with Crippen LogP contribution < -0.4 is 11.5 Å². The van der Waals surface area contributed by atoms with Crippen molar-refractivity contribution in [3.05, 3.63) is 60.2 Å². The van der Waals surface area contributed by atoms with E-state index in [9.17, 15) is 13.2 Å². The number of nitrogens with two attached hydrogens (primary N) is 2. The third-order valence-electron chi connectivity index (χ3n) is 3.82. The molecule has 0 saturated carbocycles. The molecule has 0 spiro atoms. The topological polar surface area (TPSA) is 77.8 Å². The molecule has 0 saturated heterocycles. The second kappa shape index (κ2) is 26.5. The van der Waals surface area contributed by atoms with Crippen molar-refractivity contribution in [2.24, 2.45) is 17.8 Å². The normalized spacial score (nSPS) is 10.2. The lowest BCUT2D eigenvalue weighted by molar-refractivity contribution is 0.0936. The van der Waals surface area contributed by atoms with E-state index in [2.05, 4.69) is 51.2 Å². The Morgan fingerprint density at radius 3 is 1.73 bits per heavy atom. The molecule has 0 bridgehead atoms. The first-order valence-electron chi connectivity index (χ1n) is 13.2. The summed E-state index contributed by atoms with van der Waals surface area (Å²) >= 11 is 0. The highest BCUT2D eigenvalue weighted by Gasteiger charge is 2.27. The molecule has 1 atom stereocenters. The molecule has 2 aromatic heterocycles. The summed E-state index contributed by atoms with van der Waals surface area (Å²) in [6.07, 6.45) is 2.76. The minimum atomic E-state index is -2.40. The van der Waals surface area contributed by atoms with Crippen LogP contribution in [-0.2, 0) is 6.42 Å². The maximum atomic E-state index is 12.7. The Balaban J connectivity index is -0.000000214. The molecular weight excluding hydrogens is 473 g/mol. The largest absolute Gasteiger partial charge is 0.383 e. The number of halogens is 3. The fraction of sp³-hybridized carbons (Fsp3) is 0.600. The highest BCUT2D eigenvalue weighted by atomic mass is 19.3. The first kappa shape index (κ1) is 41.6. The van der Waals surface area contributed by atoms with Gasteiger partial charge in [0, 0.05) is 11.8 Å². The molecule has 2 rings (SSSR count). The van der Waals surface area contributed by atoms with Crippen molar-refractivity contribution < 1.29 is 13.2 Å². The third kappa shape index (κ3) is 23.6. The molecular formula is C30H55F3N4. The van der Waals surface area contributed by atoms with Crippen LogP contribution >= 0.6 is 0 Å². The second-order valence-electron chi connectivity index (χ2n) is 9.02. The van der Waals surface area contributed by atoms with E-state index < -0.39 is 12.3 Å². The van der Waals surface area contributed by atoms with Crippen molar-refractivity contribution in [1.29, 1.82) is 0 Å². The zero-order chi connectivity index (χ0) is 30.1. The second-order valence-corrected chi connectivity index (χ2v) is 9.02. The van der Waals surface area contributed by atoms with Crippen LogP contribution in [0.3, 0.4) is 0 Å². The number of pyridine rings is 2. The summed E-state index contributed by atoms with van der Waals surface area (Å²) in [5, 5.41) is 0. The predicted octanol–water partition coefficient (Wildman–Crippen LogP) is 9.58. The molecule has 0 amide bonds. The van der Waals surface area contributed by atoms with E-state index in [1.54, 1.807) is 32.1 Å². The lowest BCUT2D eigenvalue weighted by Gasteiger charge is -2.21. The molecule has 37 heavy (non-hydrogen) atoms. The molecule has 216 valence electrons. The summed E-state index contributed by atoms with van der Waals surface area (Å²) in [5.74, 6) is 0.637. The Morgan fingerprint density at radius 2 is 1.38 bits per heavy atom. The molecule has 2 aromatic rings. The van der Waals surface area contributed by atoms with Gasteiger partial charge in [-0.05, 0) is 48.8 Å². The summed E-state index contributed by atoms with van der Waals surface area (Å²) in [5.41, 5.74) is 12.4. The van der Waals surface area contributed by atoms with E-state index in [1.165, 1.54) is 12.3 Å². The molecule has 0 aliphatic rings. The lowest BCUT2D eigenvalue weighted by Crippen LogP contribution is -2.17. The molecule has 0 radical (unpaired) electrons. The van der Waals surface area contributed by atoms with Crippen LogP contribution in [0.4, 0.5) is 24.8 Å². The van der Waals surface area contributed by atoms with Gasteiger partial charge in [-0.1, -0.05) is 88.3 Å². The van der Waals surface area contributed by atoms with Crippen LogP contribution in [0.25, 0.3) is 0 Å².